The van der Waals surface area contributed by atoms with Crippen molar-refractivity contribution in [1.29, 1.82) is 0 Å². The van der Waals surface area contributed by atoms with E-state index in [0.717, 1.165) is 0 Å². The lowest BCUT2D eigenvalue weighted by Crippen LogP contribution is -2.34. The van der Waals surface area contributed by atoms with Crippen LogP contribution in [0.5, 0.6) is 0 Å². The fraction of sp³-hybridized carbons (Fsp3) is 0.500. The molecular weight excluding hydrogens is 325 g/mol. The first kappa shape index (κ1) is 16.6. The van der Waals surface area contributed by atoms with E-state index in [2.05, 4.69) is 5.32 Å². The molecule has 0 bridgehead atoms. The number of aromatic nitrogens is 1. The SMILES string of the molecule is Cn1c(=O)oc2cc(NC(=O)[C@H]3CCC[C@@H](C(F)(F)F)C3)ccc21. The number of anilines is 1. The Morgan fingerprint density at radius 2 is 2.08 bits per heavy atom. The smallest absolute Gasteiger partial charge is 0.408 e. The maximum Gasteiger partial charge on any atom is 0.419 e. The molecule has 1 fully saturated rings. The summed E-state index contributed by atoms with van der Waals surface area (Å²) in [4.78, 5) is 23.7. The maximum absolute atomic E-state index is 12.8. The van der Waals surface area contributed by atoms with Gasteiger partial charge in [0.2, 0.25) is 5.91 Å². The molecule has 3 rings (SSSR count). The van der Waals surface area contributed by atoms with Crippen LogP contribution in [0, 0.1) is 11.8 Å². The van der Waals surface area contributed by atoms with Crippen molar-refractivity contribution >= 4 is 22.7 Å². The number of hydrogen-bond donors (Lipinski definition) is 1. The number of nitrogens with zero attached hydrogens (tertiary/aromatic N) is 1. The zero-order valence-corrected chi connectivity index (χ0v) is 13.0. The molecule has 1 aromatic heterocycles. The van der Waals surface area contributed by atoms with Gasteiger partial charge >= 0.3 is 11.9 Å². The second kappa shape index (κ2) is 5.99. The Bertz CT molecular complexity index is 822. The van der Waals surface area contributed by atoms with Gasteiger partial charge in [0.25, 0.3) is 0 Å². The summed E-state index contributed by atoms with van der Waals surface area (Å²) in [6, 6.07) is 4.72. The van der Waals surface area contributed by atoms with E-state index in [-0.39, 0.29) is 12.8 Å². The van der Waals surface area contributed by atoms with Crippen molar-refractivity contribution in [1.82, 2.24) is 4.57 Å². The number of halogens is 3. The van der Waals surface area contributed by atoms with Gasteiger partial charge in [0.15, 0.2) is 5.58 Å². The second-order valence-electron chi connectivity index (χ2n) is 6.20. The molecule has 0 radical (unpaired) electrons. The van der Waals surface area contributed by atoms with Gasteiger partial charge in [-0.25, -0.2) is 4.79 Å². The monoisotopic (exact) mass is 342 g/mol. The number of nitrogens with one attached hydrogen (secondary N) is 1. The quantitative estimate of drug-likeness (QED) is 0.909. The highest BCUT2D eigenvalue weighted by atomic mass is 19.4. The normalized spacial score (nSPS) is 21.8. The zero-order valence-electron chi connectivity index (χ0n) is 13.0. The number of alkyl halides is 3. The van der Waals surface area contributed by atoms with E-state index in [1.54, 1.807) is 19.2 Å². The maximum atomic E-state index is 12.8. The summed E-state index contributed by atoms with van der Waals surface area (Å²) in [6.45, 7) is 0. The fourth-order valence-electron chi connectivity index (χ4n) is 3.18. The Balaban J connectivity index is 1.73. The molecule has 2 atom stereocenters. The van der Waals surface area contributed by atoms with E-state index in [9.17, 15) is 22.8 Å². The van der Waals surface area contributed by atoms with Gasteiger partial charge in [0.1, 0.15) is 0 Å². The molecule has 5 nitrogen and oxygen atoms in total. The molecule has 1 N–H and O–H groups in total. The molecule has 1 aliphatic carbocycles. The molecule has 0 aliphatic heterocycles. The molecule has 2 aromatic rings. The van der Waals surface area contributed by atoms with Crippen LogP contribution in [-0.4, -0.2) is 16.7 Å². The van der Waals surface area contributed by atoms with Gasteiger partial charge in [-0.1, -0.05) is 6.42 Å². The van der Waals surface area contributed by atoms with Crippen molar-refractivity contribution in [3.8, 4) is 0 Å². The highest BCUT2D eigenvalue weighted by Gasteiger charge is 2.43. The molecule has 1 aliphatic rings. The van der Waals surface area contributed by atoms with Crippen LogP contribution >= 0.6 is 0 Å². The first-order valence-corrected chi connectivity index (χ1v) is 7.73. The third-order valence-corrected chi connectivity index (χ3v) is 4.57. The van der Waals surface area contributed by atoms with Crippen LogP contribution in [0.15, 0.2) is 27.4 Å². The molecule has 1 amide bonds. The van der Waals surface area contributed by atoms with Crippen LogP contribution in [0.25, 0.3) is 11.1 Å². The van der Waals surface area contributed by atoms with E-state index in [1.165, 1.54) is 10.6 Å². The van der Waals surface area contributed by atoms with Crippen LogP contribution in [0.2, 0.25) is 0 Å². The average Bonchev–Trinajstić information content (AvgIpc) is 2.81. The summed E-state index contributed by atoms with van der Waals surface area (Å²) in [5.74, 6) is -3.03. The molecule has 130 valence electrons. The summed E-state index contributed by atoms with van der Waals surface area (Å²) < 4.78 is 44.9. The third kappa shape index (κ3) is 3.18. The Labute approximate surface area is 135 Å². The zero-order chi connectivity index (χ0) is 17.5. The molecule has 1 saturated carbocycles. The molecule has 0 spiro atoms. The van der Waals surface area contributed by atoms with E-state index in [4.69, 9.17) is 4.42 Å². The number of fused-ring (bicyclic) bond motifs is 1. The summed E-state index contributed by atoms with van der Waals surface area (Å²) in [5.41, 5.74) is 1.29. The van der Waals surface area contributed by atoms with Crippen molar-refractivity contribution in [2.45, 2.75) is 31.9 Å². The molecule has 1 aromatic carbocycles. The molecule has 1 heterocycles. The van der Waals surface area contributed by atoms with E-state index >= 15 is 0 Å². The lowest BCUT2D eigenvalue weighted by Gasteiger charge is -2.29. The minimum absolute atomic E-state index is 0.0778. The van der Waals surface area contributed by atoms with Crippen molar-refractivity contribution in [2.24, 2.45) is 18.9 Å². The average molecular weight is 342 g/mol. The first-order valence-electron chi connectivity index (χ1n) is 7.73. The van der Waals surface area contributed by atoms with Crippen molar-refractivity contribution < 1.29 is 22.4 Å². The fourth-order valence-corrected chi connectivity index (χ4v) is 3.18. The summed E-state index contributed by atoms with van der Waals surface area (Å²) in [6.07, 6.45) is -3.53. The van der Waals surface area contributed by atoms with E-state index in [1.807, 2.05) is 0 Å². The van der Waals surface area contributed by atoms with Crippen LogP contribution in [0.4, 0.5) is 18.9 Å². The van der Waals surface area contributed by atoms with E-state index < -0.39 is 29.7 Å². The van der Waals surface area contributed by atoms with Gasteiger partial charge in [-0.3, -0.25) is 9.36 Å². The molecular formula is C16H17F3N2O3. The van der Waals surface area contributed by atoms with Crippen LogP contribution in [-0.2, 0) is 11.8 Å². The number of amides is 1. The predicted molar refractivity (Wildman–Crippen MR) is 81.6 cm³/mol. The molecule has 0 saturated heterocycles. The highest BCUT2D eigenvalue weighted by Crippen LogP contribution is 2.40. The third-order valence-electron chi connectivity index (χ3n) is 4.57. The first-order chi connectivity index (χ1) is 11.3. The Kier molecular flexibility index (Phi) is 4.15. The number of carbonyl (C=O) groups excluding carboxylic acids is 1. The number of carbonyl (C=O) groups is 1. The number of benzene rings is 1. The van der Waals surface area contributed by atoms with Gasteiger partial charge < -0.3 is 9.73 Å². The van der Waals surface area contributed by atoms with Crippen molar-refractivity contribution in [3.63, 3.8) is 0 Å². The minimum Gasteiger partial charge on any atom is -0.408 e. The van der Waals surface area contributed by atoms with Crippen LogP contribution in [0.3, 0.4) is 0 Å². The van der Waals surface area contributed by atoms with Gasteiger partial charge in [-0.05, 0) is 31.4 Å². The lowest BCUT2D eigenvalue weighted by atomic mass is 9.80. The van der Waals surface area contributed by atoms with Crippen LogP contribution < -0.4 is 11.1 Å². The summed E-state index contributed by atoms with van der Waals surface area (Å²) in [7, 11) is 1.56. The van der Waals surface area contributed by atoms with Gasteiger partial charge in [0.05, 0.1) is 11.4 Å². The Morgan fingerprint density at radius 1 is 1.33 bits per heavy atom. The summed E-state index contributed by atoms with van der Waals surface area (Å²) in [5, 5.41) is 2.63. The second-order valence-corrected chi connectivity index (χ2v) is 6.20. The number of rotatable bonds is 2. The van der Waals surface area contributed by atoms with E-state index in [0.29, 0.717) is 29.6 Å². The Hall–Kier alpha value is -2.25. The number of aryl methyl sites for hydroxylation is 1. The molecule has 0 unspecified atom stereocenters. The van der Waals surface area contributed by atoms with Gasteiger partial charge in [0, 0.05) is 24.7 Å². The lowest BCUT2D eigenvalue weighted by molar-refractivity contribution is -0.185. The topological polar surface area (TPSA) is 64.2 Å². The minimum atomic E-state index is -4.26. The van der Waals surface area contributed by atoms with Gasteiger partial charge in [-0.2, -0.15) is 13.2 Å². The molecule has 8 heteroatoms. The largest absolute Gasteiger partial charge is 0.419 e. The summed E-state index contributed by atoms with van der Waals surface area (Å²) >= 11 is 0. The van der Waals surface area contributed by atoms with Crippen LogP contribution in [0.1, 0.15) is 25.7 Å². The number of oxazole rings is 1. The Morgan fingerprint density at radius 3 is 2.79 bits per heavy atom. The molecule has 24 heavy (non-hydrogen) atoms. The predicted octanol–water partition coefficient (Wildman–Crippen LogP) is 3.44. The van der Waals surface area contributed by atoms with Gasteiger partial charge in [-0.15, -0.1) is 0 Å². The highest BCUT2D eigenvalue weighted by molar-refractivity contribution is 5.94. The van der Waals surface area contributed by atoms with Crippen molar-refractivity contribution in [3.05, 3.63) is 28.7 Å². The van der Waals surface area contributed by atoms with Crippen molar-refractivity contribution in [2.75, 3.05) is 5.32 Å². The standard InChI is InChI=1S/C16H17F3N2O3/c1-21-12-6-5-11(8-13(12)24-15(21)23)20-14(22)9-3-2-4-10(7-9)16(17,18)19/h5-6,8-10H,2-4,7H2,1H3,(H,20,22)/t9-,10+/m0/s1. The number of hydrogen-bond acceptors (Lipinski definition) is 3.